The summed E-state index contributed by atoms with van der Waals surface area (Å²) in [6, 6.07) is 16.0. The van der Waals surface area contributed by atoms with Crippen LogP contribution in [0, 0.1) is 0 Å². The zero-order valence-corrected chi connectivity index (χ0v) is 12.0. The van der Waals surface area contributed by atoms with Gasteiger partial charge in [-0.25, -0.2) is 4.39 Å². The van der Waals surface area contributed by atoms with E-state index in [1.54, 1.807) is 18.2 Å². The highest BCUT2D eigenvalue weighted by atomic mass is 19.1. The van der Waals surface area contributed by atoms with E-state index in [1.807, 2.05) is 36.4 Å². The van der Waals surface area contributed by atoms with Gasteiger partial charge in [-0.05, 0) is 23.8 Å². The number of rotatable bonds is 3. The van der Waals surface area contributed by atoms with Gasteiger partial charge in [0.05, 0.1) is 19.3 Å². The molecule has 0 aliphatic carbocycles. The van der Waals surface area contributed by atoms with Crippen molar-refractivity contribution in [2.24, 2.45) is 0 Å². The number of alkyl halides is 1. The van der Waals surface area contributed by atoms with Gasteiger partial charge in [0.1, 0.15) is 0 Å². The first kappa shape index (κ1) is 14.7. The molecule has 0 bridgehead atoms. The van der Waals surface area contributed by atoms with Crippen LogP contribution in [0.1, 0.15) is 22.0 Å². The molecule has 0 saturated carbocycles. The van der Waals surface area contributed by atoms with Gasteiger partial charge >= 0.3 is 0 Å². The number of morpholine rings is 1. The number of benzene rings is 2. The lowest BCUT2D eigenvalue weighted by molar-refractivity contribution is 0.000282. The molecule has 2 N–H and O–H groups in total. The standard InChI is InChI=1S/C17H17FN2O2/c18-16-11-22-10-15(19-16)13-8-4-5-9-14(13)20-17(21)12-6-2-1-3-7-12/h1-9,15-16,19H,10-11H2,(H,20,21). The van der Waals surface area contributed by atoms with Crippen LogP contribution in [-0.2, 0) is 4.74 Å². The molecule has 4 nitrogen and oxygen atoms in total. The third-order valence-electron chi connectivity index (χ3n) is 3.55. The Balaban J connectivity index is 1.81. The maximum Gasteiger partial charge on any atom is 0.255 e. The summed E-state index contributed by atoms with van der Waals surface area (Å²) >= 11 is 0. The molecule has 1 aliphatic heterocycles. The summed E-state index contributed by atoms with van der Waals surface area (Å²) in [5, 5.41) is 5.73. The average molecular weight is 300 g/mol. The number of halogens is 1. The Bertz CT molecular complexity index is 648. The molecule has 1 amide bonds. The van der Waals surface area contributed by atoms with Gasteiger partial charge in [-0.3, -0.25) is 10.1 Å². The number of hydrogen-bond acceptors (Lipinski definition) is 3. The normalized spacial score (nSPS) is 21.3. The Morgan fingerprint density at radius 1 is 1.09 bits per heavy atom. The van der Waals surface area contributed by atoms with Crippen molar-refractivity contribution in [2.45, 2.75) is 12.3 Å². The predicted molar refractivity (Wildman–Crippen MR) is 82.4 cm³/mol. The van der Waals surface area contributed by atoms with Crippen LogP contribution in [0.2, 0.25) is 0 Å². The number of para-hydroxylation sites is 1. The van der Waals surface area contributed by atoms with E-state index in [-0.39, 0.29) is 18.6 Å². The summed E-state index contributed by atoms with van der Waals surface area (Å²) < 4.78 is 18.7. The highest BCUT2D eigenvalue weighted by molar-refractivity contribution is 6.04. The Morgan fingerprint density at radius 3 is 2.59 bits per heavy atom. The lowest BCUT2D eigenvalue weighted by Crippen LogP contribution is -2.41. The third-order valence-corrected chi connectivity index (χ3v) is 3.55. The van der Waals surface area contributed by atoms with Crippen LogP contribution in [0.15, 0.2) is 54.6 Å². The molecule has 2 aromatic carbocycles. The molecule has 2 aromatic rings. The molecule has 1 saturated heterocycles. The molecule has 114 valence electrons. The first-order chi connectivity index (χ1) is 10.7. The van der Waals surface area contributed by atoms with Crippen molar-refractivity contribution < 1.29 is 13.9 Å². The van der Waals surface area contributed by atoms with Crippen molar-refractivity contribution in [3.63, 3.8) is 0 Å². The van der Waals surface area contributed by atoms with Gasteiger partial charge in [0.25, 0.3) is 5.91 Å². The van der Waals surface area contributed by atoms with Crippen molar-refractivity contribution in [3.05, 3.63) is 65.7 Å². The fourth-order valence-electron chi connectivity index (χ4n) is 2.48. The molecule has 3 rings (SSSR count). The molecule has 5 heteroatoms. The van der Waals surface area contributed by atoms with Crippen LogP contribution in [0.25, 0.3) is 0 Å². The first-order valence-corrected chi connectivity index (χ1v) is 7.17. The van der Waals surface area contributed by atoms with Crippen molar-refractivity contribution in [2.75, 3.05) is 18.5 Å². The van der Waals surface area contributed by atoms with Crippen LogP contribution < -0.4 is 10.6 Å². The van der Waals surface area contributed by atoms with Gasteiger partial charge < -0.3 is 10.1 Å². The van der Waals surface area contributed by atoms with Crippen LogP contribution in [0.4, 0.5) is 10.1 Å². The molecular weight excluding hydrogens is 283 g/mol. The summed E-state index contributed by atoms with van der Waals surface area (Å²) in [6.45, 7) is 0.424. The van der Waals surface area contributed by atoms with Crippen molar-refractivity contribution in [1.82, 2.24) is 5.32 Å². The van der Waals surface area contributed by atoms with Gasteiger partial charge in [0.2, 0.25) is 0 Å². The SMILES string of the molecule is O=C(Nc1ccccc1C1COCC(F)N1)c1ccccc1. The van der Waals surface area contributed by atoms with E-state index < -0.39 is 6.30 Å². The maximum atomic E-state index is 13.5. The highest BCUT2D eigenvalue weighted by Crippen LogP contribution is 2.26. The second kappa shape index (κ2) is 6.68. The van der Waals surface area contributed by atoms with E-state index in [0.717, 1.165) is 5.56 Å². The van der Waals surface area contributed by atoms with E-state index in [9.17, 15) is 9.18 Å². The lowest BCUT2D eigenvalue weighted by atomic mass is 10.0. The summed E-state index contributed by atoms with van der Waals surface area (Å²) in [7, 11) is 0. The van der Waals surface area contributed by atoms with Gasteiger partial charge in [-0.15, -0.1) is 0 Å². The number of anilines is 1. The molecule has 0 aromatic heterocycles. The summed E-state index contributed by atoms with van der Waals surface area (Å²) in [5.41, 5.74) is 2.05. The zero-order valence-electron chi connectivity index (χ0n) is 12.0. The van der Waals surface area contributed by atoms with E-state index in [0.29, 0.717) is 17.9 Å². The molecule has 0 radical (unpaired) electrons. The van der Waals surface area contributed by atoms with Crippen LogP contribution >= 0.6 is 0 Å². The Morgan fingerprint density at radius 2 is 1.82 bits per heavy atom. The van der Waals surface area contributed by atoms with E-state index in [4.69, 9.17) is 4.74 Å². The molecular formula is C17H17FN2O2. The Kier molecular flexibility index (Phi) is 4.46. The van der Waals surface area contributed by atoms with Gasteiger partial charge in [-0.1, -0.05) is 36.4 Å². The molecule has 1 aliphatic rings. The smallest absolute Gasteiger partial charge is 0.255 e. The quantitative estimate of drug-likeness (QED) is 0.857. The van der Waals surface area contributed by atoms with Gasteiger partial charge in [-0.2, -0.15) is 0 Å². The fourth-order valence-corrected chi connectivity index (χ4v) is 2.48. The van der Waals surface area contributed by atoms with Gasteiger partial charge in [0.15, 0.2) is 6.30 Å². The largest absolute Gasteiger partial charge is 0.375 e. The first-order valence-electron chi connectivity index (χ1n) is 7.17. The van der Waals surface area contributed by atoms with Crippen molar-refractivity contribution in [3.8, 4) is 0 Å². The third kappa shape index (κ3) is 3.32. The number of ether oxygens (including phenoxy) is 1. The molecule has 2 unspecified atom stereocenters. The predicted octanol–water partition coefficient (Wildman–Crippen LogP) is 2.90. The molecule has 1 fully saturated rings. The molecule has 1 heterocycles. The summed E-state index contributed by atoms with van der Waals surface area (Å²) in [4.78, 5) is 12.3. The van der Waals surface area contributed by atoms with Crippen LogP contribution in [0.3, 0.4) is 0 Å². The lowest BCUT2D eigenvalue weighted by Gasteiger charge is -2.28. The molecule has 22 heavy (non-hydrogen) atoms. The van der Waals surface area contributed by atoms with E-state index >= 15 is 0 Å². The monoisotopic (exact) mass is 300 g/mol. The number of amides is 1. The minimum atomic E-state index is -1.20. The summed E-state index contributed by atoms with van der Waals surface area (Å²) in [5.74, 6) is -0.193. The second-order valence-electron chi connectivity index (χ2n) is 5.13. The Hall–Kier alpha value is -2.24. The second-order valence-corrected chi connectivity index (χ2v) is 5.13. The van der Waals surface area contributed by atoms with E-state index in [1.165, 1.54) is 0 Å². The summed E-state index contributed by atoms with van der Waals surface area (Å²) in [6.07, 6.45) is -1.20. The Labute approximate surface area is 128 Å². The topological polar surface area (TPSA) is 50.4 Å². The van der Waals surface area contributed by atoms with Crippen molar-refractivity contribution >= 4 is 11.6 Å². The van der Waals surface area contributed by atoms with Gasteiger partial charge in [0, 0.05) is 11.3 Å². The maximum absolute atomic E-state index is 13.5. The zero-order chi connectivity index (χ0) is 15.4. The number of nitrogens with one attached hydrogen (secondary N) is 2. The average Bonchev–Trinajstić information content (AvgIpc) is 2.56. The molecule has 2 atom stereocenters. The number of carbonyl (C=O) groups excluding carboxylic acids is 1. The highest BCUT2D eigenvalue weighted by Gasteiger charge is 2.24. The number of carbonyl (C=O) groups is 1. The fraction of sp³-hybridized carbons (Fsp3) is 0.235. The van der Waals surface area contributed by atoms with Crippen molar-refractivity contribution in [1.29, 1.82) is 0 Å². The minimum Gasteiger partial charge on any atom is -0.375 e. The number of hydrogen-bond donors (Lipinski definition) is 2. The van der Waals surface area contributed by atoms with Crippen LogP contribution in [-0.4, -0.2) is 25.4 Å². The van der Waals surface area contributed by atoms with E-state index in [2.05, 4.69) is 10.6 Å². The minimum absolute atomic E-state index is 0.0506. The van der Waals surface area contributed by atoms with Crippen LogP contribution in [0.5, 0.6) is 0 Å². The molecule has 0 spiro atoms.